The first-order valence-electron chi connectivity index (χ1n) is 7.05. The lowest BCUT2D eigenvalue weighted by Gasteiger charge is -2.04. The van der Waals surface area contributed by atoms with Crippen LogP contribution in [0.5, 0.6) is 5.75 Å². The standard InChI is InChI=1S/C16H11ClF2N4OS/c17-12-3-1-2-11(8-12)14-21-22-16(25)23(14)20-9-10-4-6-13(7-5-10)24-15(18)19/h1-9,15H,(H,22,25)/b20-9-. The summed E-state index contributed by atoms with van der Waals surface area (Å²) in [6, 6.07) is 13.2. The number of hydrogen-bond donors (Lipinski definition) is 1. The molecular weight excluding hydrogens is 370 g/mol. The molecule has 1 heterocycles. The van der Waals surface area contributed by atoms with Gasteiger partial charge in [-0.2, -0.15) is 23.7 Å². The lowest BCUT2D eigenvalue weighted by molar-refractivity contribution is -0.0498. The second kappa shape index (κ2) is 7.54. The molecule has 128 valence electrons. The summed E-state index contributed by atoms with van der Waals surface area (Å²) in [4.78, 5) is 0. The molecule has 25 heavy (non-hydrogen) atoms. The highest BCUT2D eigenvalue weighted by Gasteiger charge is 2.08. The third-order valence-electron chi connectivity index (χ3n) is 3.16. The number of alkyl halides is 2. The van der Waals surface area contributed by atoms with Gasteiger partial charge in [0.1, 0.15) is 5.75 Å². The van der Waals surface area contributed by atoms with E-state index in [0.717, 1.165) is 5.56 Å². The summed E-state index contributed by atoms with van der Waals surface area (Å²) >= 11 is 11.2. The SMILES string of the molecule is FC(F)Oc1ccc(/C=N\n2c(-c3cccc(Cl)c3)n[nH]c2=S)cc1. The van der Waals surface area contributed by atoms with Crippen LogP contribution in [-0.4, -0.2) is 27.7 Å². The molecule has 3 rings (SSSR count). The van der Waals surface area contributed by atoms with Gasteiger partial charge in [0.25, 0.3) is 0 Å². The molecule has 2 aromatic carbocycles. The number of ether oxygens (including phenoxy) is 1. The van der Waals surface area contributed by atoms with Gasteiger partial charge in [-0.1, -0.05) is 23.7 Å². The second-order valence-corrected chi connectivity index (χ2v) is 5.69. The zero-order chi connectivity index (χ0) is 17.8. The highest BCUT2D eigenvalue weighted by atomic mass is 35.5. The van der Waals surface area contributed by atoms with Gasteiger partial charge in [-0.15, -0.1) is 0 Å². The zero-order valence-corrected chi connectivity index (χ0v) is 14.1. The Morgan fingerprint density at radius 3 is 2.68 bits per heavy atom. The van der Waals surface area contributed by atoms with E-state index >= 15 is 0 Å². The van der Waals surface area contributed by atoms with E-state index < -0.39 is 6.61 Å². The van der Waals surface area contributed by atoms with Crippen molar-refractivity contribution >= 4 is 30.0 Å². The van der Waals surface area contributed by atoms with Crippen molar-refractivity contribution in [3.63, 3.8) is 0 Å². The number of nitrogens with zero attached hydrogens (tertiary/aromatic N) is 3. The van der Waals surface area contributed by atoms with Crippen molar-refractivity contribution in [2.24, 2.45) is 5.10 Å². The van der Waals surface area contributed by atoms with Gasteiger partial charge in [0.05, 0.1) is 6.21 Å². The maximum absolute atomic E-state index is 12.2. The fourth-order valence-electron chi connectivity index (χ4n) is 2.07. The molecular formula is C16H11ClF2N4OS. The number of nitrogens with one attached hydrogen (secondary N) is 1. The molecule has 0 aliphatic carbocycles. The third-order valence-corrected chi connectivity index (χ3v) is 3.66. The summed E-state index contributed by atoms with van der Waals surface area (Å²) in [6.45, 7) is -2.86. The zero-order valence-electron chi connectivity index (χ0n) is 12.6. The fraction of sp³-hybridized carbons (Fsp3) is 0.0625. The van der Waals surface area contributed by atoms with Crippen LogP contribution < -0.4 is 4.74 Å². The van der Waals surface area contributed by atoms with Crippen molar-refractivity contribution in [2.75, 3.05) is 0 Å². The van der Waals surface area contributed by atoms with E-state index in [9.17, 15) is 8.78 Å². The highest BCUT2D eigenvalue weighted by molar-refractivity contribution is 7.71. The van der Waals surface area contributed by atoms with Crippen LogP contribution in [0.15, 0.2) is 53.6 Å². The molecule has 0 saturated carbocycles. The summed E-state index contributed by atoms with van der Waals surface area (Å²) < 4.78 is 30.4. The Morgan fingerprint density at radius 2 is 2.00 bits per heavy atom. The largest absolute Gasteiger partial charge is 0.435 e. The molecule has 0 saturated heterocycles. The van der Waals surface area contributed by atoms with Gasteiger partial charge in [-0.25, -0.2) is 5.10 Å². The monoisotopic (exact) mass is 380 g/mol. The second-order valence-electron chi connectivity index (χ2n) is 4.87. The molecule has 1 N–H and O–H groups in total. The van der Waals surface area contributed by atoms with Crippen molar-refractivity contribution in [2.45, 2.75) is 6.61 Å². The number of H-pyrrole nitrogens is 1. The molecule has 0 bridgehead atoms. The highest BCUT2D eigenvalue weighted by Crippen LogP contribution is 2.21. The number of hydrogen-bond acceptors (Lipinski definition) is 4. The van der Waals surface area contributed by atoms with Crippen LogP contribution >= 0.6 is 23.8 Å². The van der Waals surface area contributed by atoms with E-state index in [-0.39, 0.29) is 5.75 Å². The van der Waals surface area contributed by atoms with E-state index in [4.69, 9.17) is 23.8 Å². The van der Waals surface area contributed by atoms with E-state index in [0.29, 0.717) is 21.2 Å². The first-order valence-corrected chi connectivity index (χ1v) is 7.84. The lowest BCUT2D eigenvalue weighted by Crippen LogP contribution is -2.01. The van der Waals surface area contributed by atoms with Crippen molar-refractivity contribution in [1.82, 2.24) is 14.9 Å². The van der Waals surface area contributed by atoms with Crippen molar-refractivity contribution in [3.8, 4) is 17.1 Å². The first-order chi connectivity index (χ1) is 12.0. The average Bonchev–Trinajstić information content (AvgIpc) is 2.94. The molecule has 0 fully saturated rings. The quantitative estimate of drug-likeness (QED) is 0.513. The number of benzene rings is 2. The van der Waals surface area contributed by atoms with Crippen molar-refractivity contribution in [1.29, 1.82) is 0 Å². The van der Waals surface area contributed by atoms with Crippen LogP contribution in [0.4, 0.5) is 8.78 Å². The van der Waals surface area contributed by atoms with Crippen LogP contribution in [-0.2, 0) is 0 Å². The topological polar surface area (TPSA) is 55.2 Å². The van der Waals surface area contributed by atoms with Crippen LogP contribution in [0.25, 0.3) is 11.4 Å². The van der Waals surface area contributed by atoms with Crippen LogP contribution in [0, 0.1) is 4.77 Å². The molecule has 0 spiro atoms. The number of aromatic nitrogens is 3. The Morgan fingerprint density at radius 1 is 1.24 bits per heavy atom. The van der Waals surface area contributed by atoms with E-state index in [1.165, 1.54) is 23.0 Å². The third kappa shape index (κ3) is 4.28. The Labute approximate surface area is 151 Å². The minimum atomic E-state index is -2.86. The van der Waals surface area contributed by atoms with Crippen molar-refractivity contribution < 1.29 is 13.5 Å². The molecule has 5 nitrogen and oxygen atoms in total. The number of aromatic amines is 1. The molecule has 0 amide bonds. The molecule has 0 unspecified atom stereocenters. The van der Waals surface area contributed by atoms with Crippen molar-refractivity contribution in [3.05, 3.63) is 63.9 Å². The summed E-state index contributed by atoms with van der Waals surface area (Å²) in [7, 11) is 0. The minimum Gasteiger partial charge on any atom is -0.435 e. The first kappa shape index (κ1) is 17.2. The Bertz CT molecular complexity index is 953. The molecule has 0 atom stereocenters. The molecule has 0 aliphatic rings. The molecule has 9 heteroatoms. The number of halogens is 3. The maximum Gasteiger partial charge on any atom is 0.387 e. The van der Waals surface area contributed by atoms with Crippen LogP contribution in [0.1, 0.15) is 5.56 Å². The van der Waals surface area contributed by atoms with Gasteiger partial charge in [-0.3, -0.25) is 0 Å². The van der Waals surface area contributed by atoms with Gasteiger partial charge < -0.3 is 4.74 Å². The summed E-state index contributed by atoms with van der Waals surface area (Å²) in [5, 5.41) is 11.7. The fourth-order valence-corrected chi connectivity index (χ4v) is 2.44. The number of rotatable bonds is 5. The van der Waals surface area contributed by atoms with Gasteiger partial charge in [0.2, 0.25) is 4.77 Å². The molecule has 0 radical (unpaired) electrons. The molecule has 0 aliphatic heterocycles. The van der Waals surface area contributed by atoms with Crippen LogP contribution in [0.2, 0.25) is 5.02 Å². The Balaban J connectivity index is 1.87. The Kier molecular flexibility index (Phi) is 5.20. The summed E-state index contributed by atoms with van der Waals surface area (Å²) in [6.07, 6.45) is 1.53. The predicted molar refractivity (Wildman–Crippen MR) is 93.9 cm³/mol. The lowest BCUT2D eigenvalue weighted by atomic mass is 10.2. The smallest absolute Gasteiger partial charge is 0.387 e. The minimum absolute atomic E-state index is 0.0756. The maximum atomic E-state index is 12.2. The predicted octanol–water partition coefficient (Wildman–Crippen LogP) is 4.74. The normalized spacial score (nSPS) is 11.4. The van der Waals surface area contributed by atoms with Gasteiger partial charge in [0.15, 0.2) is 5.82 Å². The molecule has 3 aromatic rings. The molecule has 1 aromatic heterocycles. The van der Waals surface area contributed by atoms with Crippen LogP contribution in [0.3, 0.4) is 0 Å². The van der Waals surface area contributed by atoms with Gasteiger partial charge >= 0.3 is 6.61 Å². The average molecular weight is 381 g/mol. The van der Waals surface area contributed by atoms with Gasteiger partial charge in [-0.05, 0) is 54.2 Å². The Hall–Kier alpha value is -2.58. The summed E-state index contributed by atoms with van der Waals surface area (Å²) in [5.41, 5.74) is 1.43. The summed E-state index contributed by atoms with van der Waals surface area (Å²) in [5.74, 6) is 0.577. The van der Waals surface area contributed by atoms with E-state index in [2.05, 4.69) is 20.0 Å². The van der Waals surface area contributed by atoms with E-state index in [1.807, 2.05) is 6.07 Å². The van der Waals surface area contributed by atoms with E-state index in [1.54, 1.807) is 30.3 Å². The van der Waals surface area contributed by atoms with Gasteiger partial charge in [0, 0.05) is 10.6 Å².